The molecule has 0 aliphatic heterocycles. The lowest BCUT2D eigenvalue weighted by molar-refractivity contribution is -0.137. The Balaban J connectivity index is 2.23. The van der Waals surface area contributed by atoms with Crippen molar-refractivity contribution in [3.05, 3.63) is 54.4 Å². The fourth-order valence-corrected chi connectivity index (χ4v) is 2.28. The van der Waals surface area contributed by atoms with Crippen LogP contribution < -0.4 is 0 Å². The number of hydrogen-bond donors (Lipinski definition) is 1. The van der Waals surface area contributed by atoms with Crippen molar-refractivity contribution in [3.63, 3.8) is 0 Å². The zero-order valence-corrected chi connectivity index (χ0v) is 12.8. The number of carboxylic acids is 1. The van der Waals surface area contributed by atoms with E-state index in [1.165, 1.54) is 0 Å². The molecule has 0 saturated heterocycles. The quantitative estimate of drug-likeness (QED) is 0.892. The van der Waals surface area contributed by atoms with Gasteiger partial charge < -0.3 is 14.6 Å². The molecule has 22 heavy (non-hydrogen) atoms. The number of carboxylic acid groups (broad SMARTS) is 1. The van der Waals surface area contributed by atoms with Gasteiger partial charge in [0.15, 0.2) is 0 Å². The fourth-order valence-electron chi connectivity index (χ4n) is 2.28. The van der Waals surface area contributed by atoms with Crippen LogP contribution >= 0.6 is 0 Å². The van der Waals surface area contributed by atoms with Gasteiger partial charge in [0, 0.05) is 36.2 Å². The topological polar surface area (TPSA) is 62.5 Å². The summed E-state index contributed by atoms with van der Waals surface area (Å²) in [5.74, 6) is -1.05. The molecule has 0 saturated carbocycles. The third kappa shape index (κ3) is 3.75. The molecule has 0 aliphatic carbocycles. The van der Waals surface area contributed by atoms with E-state index in [1.54, 1.807) is 11.0 Å². The lowest BCUT2D eigenvalue weighted by atomic mass is 10.1. The Morgan fingerprint density at radius 2 is 1.86 bits per heavy atom. The molecule has 5 heteroatoms. The van der Waals surface area contributed by atoms with Crippen molar-refractivity contribution < 1.29 is 14.7 Å². The molecule has 0 radical (unpaired) electrons. The van der Waals surface area contributed by atoms with Crippen molar-refractivity contribution in [2.75, 3.05) is 6.54 Å². The van der Waals surface area contributed by atoms with E-state index in [2.05, 4.69) is 0 Å². The maximum Gasteiger partial charge on any atom is 0.305 e. The second-order valence-electron chi connectivity index (χ2n) is 5.38. The van der Waals surface area contributed by atoms with Crippen molar-refractivity contribution in [2.45, 2.75) is 26.3 Å². The van der Waals surface area contributed by atoms with Gasteiger partial charge in [0.25, 0.3) is 5.91 Å². The normalized spacial score (nSPS) is 10.7. The first-order valence-corrected chi connectivity index (χ1v) is 7.25. The number of carbonyl (C=O) groups excluding carboxylic acids is 1. The van der Waals surface area contributed by atoms with Crippen LogP contribution in [0.5, 0.6) is 0 Å². The summed E-state index contributed by atoms with van der Waals surface area (Å²) in [6.07, 6.45) is 3.77. The van der Waals surface area contributed by atoms with Crippen LogP contribution in [0.1, 0.15) is 30.6 Å². The highest BCUT2D eigenvalue weighted by atomic mass is 16.4. The van der Waals surface area contributed by atoms with Gasteiger partial charge in [0.1, 0.15) is 0 Å². The SMILES string of the molecule is CC(C)N(CCC(=O)O)C(=O)c1cccc(-n2cccc2)c1. The predicted molar refractivity (Wildman–Crippen MR) is 84.2 cm³/mol. The van der Waals surface area contributed by atoms with E-state index in [4.69, 9.17) is 5.11 Å². The first-order valence-electron chi connectivity index (χ1n) is 7.25. The third-order valence-corrected chi connectivity index (χ3v) is 3.45. The highest BCUT2D eigenvalue weighted by molar-refractivity contribution is 5.95. The van der Waals surface area contributed by atoms with E-state index in [0.29, 0.717) is 5.56 Å². The van der Waals surface area contributed by atoms with Crippen LogP contribution in [0.3, 0.4) is 0 Å². The minimum absolute atomic E-state index is 0.0536. The van der Waals surface area contributed by atoms with Crippen LogP contribution in [0.4, 0.5) is 0 Å². The van der Waals surface area contributed by atoms with Crippen molar-refractivity contribution in [3.8, 4) is 5.69 Å². The maximum atomic E-state index is 12.6. The van der Waals surface area contributed by atoms with E-state index >= 15 is 0 Å². The number of benzene rings is 1. The Hall–Kier alpha value is -2.56. The number of amides is 1. The first kappa shape index (κ1) is 15.8. The molecule has 2 rings (SSSR count). The van der Waals surface area contributed by atoms with E-state index in [9.17, 15) is 9.59 Å². The number of nitrogens with zero attached hydrogens (tertiary/aromatic N) is 2. The second-order valence-corrected chi connectivity index (χ2v) is 5.38. The average molecular weight is 300 g/mol. The van der Waals surface area contributed by atoms with Gasteiger partial charge in [0.2, 0.25) is 0 Å². The van der Waals surface area contributed by atoms with Crippen LogP contribution in [0.2, 0.25) is 0 Å². The molecule has 0 aliphatic rings. The summed E-state index contributed by atoms with van der Waals surface area (Å²) in [7, 11) is 0. The van der Waals surface area contributed by atoms with E-state index in [1.807, 2.05) is 61.1 Å². The molecule has 0 spiro atoms. The summed E-state index contributed by atoms with van der Waals surface area (Å²) in [6.45, 7) is 3.98. The van der Waals surface area contributed by atoms with Gasteiger partial charge in [-0.05, 0) is 44.2 Å². The van der Waals surface area contributed by atoms with E-state index in [-0.39, 0.29) is 24.9 Å². The summed E-state index contributed by atoms with van der Waals surface area (Å²) < 4.78 is 1.92. The van der Waals surface area contributed by atoms with E-state index < -0.39 is 5.97 Å². The Kier molecular flexibility index (Phi) is 4.99. The Bertz CT molecular complexity index is 648. The maximum absolute atomic E-state index is 12.6. The van der Waals surface area contributed by atoms with Gasteiger partial charge in [-0.1, -0.05) is 6.07 Å². The third-order valence-electron chi connectivity index (χ3n) is 3.45. The molecular formula is C17H20N2O3. The van der Waals surface area contributed by atoms with Crippen molar-refractivity contribution in [1.82, 2.24) is 9.47 Å². The highest BCUT2D eigenvalue weighted by Gasteiger charge is 2.19. The average Bonchev–Trinajstić information content (AvgIpc) is 3.01. The number of rotatable bonds is 6. The van der Waals surface area contributed by atoms with Gasteiger partial charge in [-0.2, -0.15) is 0 Å². The molecule has 0 fully saturated rings. The first-order chi connectivity index (χ1) is 10.5. The molecule has 2 aromatic rings. The van der Waals surface area contributed by atoms with Crippen LogP contribution in [0, 0.1) is 0 Å². The summed E-state index contributed by atoms with van der Waals surface area (Å²) in [6, 6.07) is 11.1. The number of aromatic nitrogens is 1. The predicted octanol–water partition coefficient (Wildman–Crippen LogP) is 2.80. The van der Waals surface area contributed by atoms with Crippen molar-refractivity contribution >= 4 is 11.9 Å². The molecule has 1 N–H and O–H groups in total. The molecule has 0 atom stereocenters. The van der Waals surface area contributed by atoms with Crippen molar-refractivity contribution in [1.29, 1.82) is 0 Å². The number of hydrogen-bond acceptors (Lipinski definition) is 2. The lowest BCUT2D eigenvalue weighted by Gasteiger charge is -2.26. The molecule has 5 nitrogen and oxygen atoms in total. The van der Waals surface area contributed by atoms with Crippen LogP contribution in [-0.4, -0.2) is 39.0 Å². The van der Waals surface area contributed by atoms with Gasteiger partial charge in [-0.25, -0.2) is 0 Å². The summed E-state index contributed by atoms with van der Waals surface area (Å²) in [4.78, 5) is 25.0. The van der Waals surface area contributed by atoms with Crippen molar-refractivity contribution in [2.24, 2.45) is 0 Å². The number of carbonyl (C=O) groups is 2. The van der Waals surface area contributed by atoms with Gasteiger partial charge in [-0.3, -0.25) is 9.59 Å². The van der Waals surface area contributed by atoms with Gasteiger partial charge in [-0.15, -0.1) is 0 Å². The Labute approximate surface area is 129 Å². The molecular weight excluding hydrogens is 280 g/mol. The monoisotopic (exact) mass is 300 g/mol. The number of aliphatic carboxylic acids is 1. The van der Waals surface area contributed by atoms with Gasteiger partial charge in [0.05, 0.1) is 6.42 Å². The molecule has 0 unspecified atom stereocenters. The lowest BCUT2D eigenvalue weighted by Crippen LogP contribution is -2.38. The Morgan fingerprint density at radius 1 is 1.18 bits per heavy atom. The molecule has 1 amide bonds. The molecule has 116 valence electrons. The van der Waals surface area contributed by atoms with Crippen LogP contribution in [-0.2, 0) is 4.79 Å². The van der Waals surface area contributed by atoms with E-state index in [0.717, 1.165) is 5.69 Å². The fraction of sp³-hybridized carbons (Fsp3) is 0.294. The molecule has 1 heterocycles. The standard InChI is InChI=1S/C17H20N2O3/c1-13(2)19(11-8-16(20)21)17(22)14-6-5-7-15(12-14)18-9-3-4-10-18/h3-7,9-10,12-13H,8,11H2,1-2H3,(H,20,21). The summed E-state index contributed by atoms with van der Waals surface area (Å²) >= 11 is 0. The van der Waals surface area contributed by atoms with Crippen LogP contribution in [0.15, 0.2) is 48.8 Å². The summed E-state index contributed by atoms with van der Waals surface area (Å²) in [5, 5.41) is 8.82. The van der Waals surface area contributed by atoms with Gasteiger partial charge >= 0.3 is 5.97 Å². The molecule has 1 aromatic heterocycles. The molecule has 0 bridgehead atoms. The molecule has 1 aromatic carbocycles. The largest absolute Gasteiger partial charge is 0.481 e. The smallest absolute Gasteiger partial charge is 0.305 e. The van der Waals surface area contributed by atoms with Crippen LogP contribution in [0.25, 0.3) is 5.69 Å². The second kappa shape index (κ2) is 6.93. The zero-order chi connectivity index (χ0) is 16.1. The summed E-state index contributed by atoms with van der Waals surface area (Å²) in [5.41, 5.74) is 1.46. The zero-order valence-electron chi connectivity index (χ0n) is 12.8. The highest BCUT2D eigenvalue weighted by Crippen LogP contribution is 2.14. The minimum Gasteiger partial charge on any atom is -0.481 e. The minimum atomic E-state index is -0.903. The Morgan fingerprint density at radius 3 is 2.45 bits per heavy atom.